The molecule has 0 saturated carbocycles. The number of phosphoric ester groups is 1. The van der Waals surface area contributed by atoms with Crippen LogP contribution < -0.4 is 5.32 Å². The number of quaternary nitrogens is 1. The Bertz CT molecular complexity index is 1680. The molecule has 0 aromatic rings. The van der Waals surface area contributed by atoms with Crippen molar-refractivity contribution in [1.82, 2.24) is 5.32 Å². The largest absolute Gasteiger partial charge is 0.472 e. The van der Waals surface area contributed by atoms with Crippen molar-refractivity contribution >= 4 is 19.7 Å². The number of esters is 1. The van der Waals surface area contributed by atoms with Crippen molar-refractivity contribution in [1.29, 1.82) is 0 Å². The lowest BCUT2D eigenvalue weighted by molar-refractivity contribution is -0.870. The maximum Gasteiger partial charge on any atom is 0.472 e. The van der Waals surface area contributed by atoms with Gasteiger partial charge in [-0.1, -0.05) is 346 Å². The second kappa shape index (κ2) is 69.8. The van der Waals surface area contributed by atoms with Gasteiger partial charge in [-0.25, -0.2) is 4.57 Å². The van der Waals surface area contributed by atoms with Gasteiger partial charge in [0.2, 0.25) is 5.91 Å². The van der Waals surface area contributed by atoms with Gasteiger partial charge in [-0.15, -0.1) is 0 Å². The first kappa shape index (κ1) is 88.0. The Kier molecular flexibility index (Phi) is 68.2. The molecule has 10 heteroatoms. The molecular weight excluding hydrogens is 1130 g/mol. The number of carbonyl (C=O) groups excluding carboxylic acids is 2. The van der Waals surface area contributed by atoms with Gasteiger partial charge in [0.25, 0.3) is 0 Å². The maximum atomic E-state index is 13.7. The minimum absolute atomic E-state index is 0.0428. The number of ether oxygens (including phenoxy) is 1. The Morgan fingerprint density at radius 3 is 1.03 bits per heavy atom. The summed E-state index contributed by atoms with van der Waals surface area (Å²) in [6.45, 7) is 7.05. The van der Waals surface area contributed by atoms with Crippen LogP contribution >= 0.6 is 7.82 Å². The third-order valence-corrected chi connectivity index (χ3v) is 19.0. The number of nitrogens with one attached hydrogen (secondary N) is 1. The van der Waals surface area contributed by atoms with Gasteiger partial charge in [-0.05, 0) is 89.5 Å². The van der Waals surface area contributed by atoms with E-state index in [9.17, 15) is 19.0 Å². The smallest absolute Gasteiger partial charge is 0.456 e. The summed E-state index contributed by atoms with van der Waals surface area (Å²) in [5.41, 5.74) is 0. The quantitative estimate of drug-likeness (QED) is 0.0205. The summed E-state index contributed by atoms with van der Waals surface area (Å²) in [5.74, 6) is -0.483. The highest BCUT2D eigenvalue weighted by Crippen LogP contribution is 2.43. The van der Waals surface area contributed by atoms with E-state index in [1.807, 2.05) is 27.2 Å². The molecule has 0 aliphatic heterocycles. The van der Waals surface area contributed by atoms with Crippen molar-refractivity contribution in [2.45, 2.75) is 412 Å². The molecule has 9 nitrogen and oxygen atoms in total. The van der Waals surface area contributed by atoms with Crippen LogP contribution in [0, 0.1) is 0 Å². The second-order valence-corrected chi connectivity index (χ2v) is 29.7. The summed E-state index contributed by atoms with van der Waals surface area (Å²) >= 11 is 0. The van der Waals surface area contributed by atoms with Crippen LogP contribution in [0.25, 0.3) is 0 Å². The van der Waals surface area contributed by atoms with Crippen LogP contribution in [0.2, 0.25) is 0 Å². The van der Waals surface area contributed by atoms with Gasteiger partial charge in [0.05, 0.1) is 33.8 Å². The third-order valence-electron chi connectivity index (χ3n) is 18.0. The SMILES string of the molecule is CCCCC/C=C\C/C=C\CCCCCCCCCCCCCCCCCCCC(=O)OC(/C=C/CCCCCCCCCCCC)C(COP(=O)(O)OCC[N+](C)(C)C)NC(=O)CCCCCCCCCCCCCCCCC/C=C/CCCCCCCC. The normalized spacial score (nSPS) is 13.6. The average molecular weight is 1290 g/mol. The first-order valence-electron chi connectivity index (χ1n) is 39.5. The molecular formula is C80H154N2O7P+. The molecule has 0 aliphatic rings. The van der Waals surface area contributed by atoms with Crippen molar-refractivity contribution in [3.05, 3.63) is 48.6 Å². The predicted octanol–water partition coefficient (Wildman–Crippen LogP) is 25.5. The van der Waals surface area contributed by atoms with E-state index >= 15 is 0 Å². The lowest BCUT2D eigenvalue weighted by Crippen LogP contribution is -2.47. The van der Waals surface area contributed by atoms with Gasteiger partial charge >= 0.3 is 13.8 Å². The van der Waals surface area contributed by atoms with Crippen molar-refractivity contribution in [3.63, 3.8) is 0 Å². The molecule has 0 spiro atoms. The first-order chi connectivity index (χ1) is 43.9. The van der Waals surface area contributed by atoms with Crippen LogP contribution in [-0.2, 0) is 27.9 Å². The standard InChI is InChI=1S/C80H153N2O7P/c1-7-10-13-16-19-22-25-28-30-32-34-36-38-40-41-43-45-47-49-51-53-55-58-61-64-67-70-73-80(84)89-78(71-68-65-62-59-56-27-24-21-18-15-12-9-3)77(76-88-90(85,86)87-75-74-82(4,5)6)81-79(83)72-69-66-63-60-57-54-52-50-48-46-44-42-39-37-35-33-31-29-26-23-20-17-14-11-8-2/h19,22,28-31,68,71,77-78H,7-18,20-21,23-27,32-67,69-70,72-76H2,1-6H3,(H-,81,83,85,86)/p+1/b22-19-,30-28-,31-29+,71-68+. The number of amides is 1. The molecule has 90 heavy (non-hydrogen) atoms. The third kappa shape index (κ3) is 70.3. The van der Waals surface area contributed by atoms with Crippen molar-refractivity contribution in [2.75, 3.05) is 40.9 Å². The molecule has 0 rings (SSSR count). The first-order valence-corrected chi connectivity index (χ1v) is 41.0. The fraction of sp³-hybridized carbons (Fsp3) is 0.875. The van der Waals surface area contributed by atoms with Gasteiger partial charge in [0.1, 0.15) is 19.3 Å². The number of phosphoric acid groups is 1. The number of nitrogens with zero attached hydrogens (tertiary/aromatic N) is 1. The molecule has 0 saturated heterocycles. The van der Waals surface area contributed by atoms with Crippen LogP contribution in [-0.4, -0.2) is 74.3 Å². The van der Waals surface area contributed by atoms with Crippen LogP contribution in [0.3, 0.4) is 0 Å². The summed E-state index contributed by atoms with van der Waals surface area (Å²) in [6, 6.07) is -0.847. The Balaban J connectivity index is 4.90. The molecule has 530 valence electrons. The number of hydrogen-bond donors (Lipinski definition) is 2. The number of carbonyl (C=O) groups is 2. The zero-order chi connectivity index (χ0) is 65.6. The number of rotatable bonds is 73. The van der Waals surface area contributed by atoms with Gasteiger partial charge in [0.15, 0.2) is 0 Å². The van der Waals surface area contributed by atoms with E-state index in [2.05, 4.69) is 68.6 Å². The zero-order valence-electron chi connectivity index (χ0n) is 60.9. The molecule has 0 aromatic heterocycles. The van der Waals surface area contributed by atoms with Gasteiger partial charge < -0.3 is 19.4 Å². The average Bonchev–Trinajstić information content (AvgIpc) is 3.12. The van der Waals surface area contributed by atoms with Crippen LogP contribution in [0.15, 0.2) is 48.6 Å². The zero-order valence-corrected chi connectivity index (χ0v) is 61.8. The molecule has 1 amide bonds. The molecule has 3 atom stereocenters. The fourth-order valence-electron chi connectivity index (χ4n) is 11.9. The fourth-order valence-corrected chi connectivity index (χ4v) is 12.6. The van der Waals surface area contributed by atoms with E-state index in [1.54, 1.807) is 0 Å². The Morgan fingerprint density at radius 2 is 0.678 bits per heavy atom. The second-order valence-electron chi connectivity index (χ2n) is 28.2. The highest BCUT2D eigenvalue weighted by Gasteiger charge is 2.30. The number of allylic oxidation sites excluding steroid dienone is 7. The Morgan fingerprint density at radius 1 is 0.389 bits per heavy atom. The topological polar surface area (TPSA) is 111 Å². The van der Waals surface area contributed by atoms with E-state index < -0.39 is 20.0 Å². The number of likely N-dealkylation sites (N-methyl/N-ethyl adjacent to an activating group) is 1. The van der Waals surface area contributed by atoms with Crippen molar-refractivity contribution in [2.24, 2.45) is 0 Å². The van der Waals surface area contributed by atoms with Crippen LogP contribution in [0.5, 0.6) is 0 Å². The summed E-state index contributed by atoms with van der Waals surface area (Å²) in [4.78, 5) is 38.0. The Hall–Kier alpha value is -2.03. The van der Waals surface area contributed by atoms with Gasteiger partial charge in [-0.3, -0.25) is 18.6 Å². The molecule has 0 aromatic carbocycles. The predicted molar refractivity (Wildman–Crippen MR) is 392 cm³/mol. The molecule has 0 aliphatic carbocycles. The van der Waals surface area contributed by atoms with Crippen LogP contribution in [0.4, 0.5) is 0 Å². The minimum Gasteiger partial charge on any atom is -0.456 e. The lowest BCUT2D eigenvalue weighted by atomic mass is 10.0. The molecule has 0 radical (unpaired) electrons. The summed E-state index contributed by atoms with van der Waals surface area (Å²) in [6.07, 6.45) is 90.0. The van der Waals surface area contributed by atoms with Crippen molar-refractivity contribution < 1.29 is 37.3 Å². The van der Waals surface area contributed by atoms with Gasteiger partial charge in [0, 0.05) is 12.8 Å². The van der Waals surface area contributed by atoms with E-state index in [-0.39, 0.29) is 25.1 Å². The lowest BCUT2D eigenvalue weighted by Gasteiger charge is -2.27. The number of hydrogen-bond acceptors (Lipinski definition) is 6. The molecule has 0 fully saturated rings. The minimum atomic E-state index is -4.46. The monoisotopic (exact) mass is 1290 g/mol. The van der Waals surface area contributed by atoms with Crippen LogP contribution in [0.1, 0.15) is 400 Å². The van der Waals surface area contributed by atoms with Gasteiger partial charge in [-0.2, -0.15) is 0 Å². The number of unbranched alkanes of at least 4 members (excludes halogenated alkanes) is 51. The molecule has 2 N–H and O–H groups in total. The van der Waals surface area contributed by atoms with E-state index in [4.69, 9.17) is 13.8 Å². The molecule has 0 bridgehead atoms. The van der Waals surface area contributed by atoms with E-state index in [1.165, 1.54) is 302 Å². The van der Waals surface area contributed by atoms with Crippen molar-refractivity contribution in [3.8, 4) is 0 Å². The molecule has 0 heterocycles. The summed E-state index contributed by atoms with van der Waals surface area (Å²) < 4.78 is 30.9. The maximum absolute atomic E-state index is 13.7. The summed E-state index contributed by atoms with van der Waals surface area (Å²) in [7, 11) is 1.52. The molecule has 3 unspecified atom stereocenters. The Labute approximate surface area is 560 Å². The van der Waals surface area contributed by atoms with E-state index in [0.29, 0.717) is 23.9 Å². The van der Waals surface area contributed by atoms with E-state index in [0.717, 1.165) is 64.2 Å². The highest BCUT2D eigenvalue weighted by atomic mass is 31.2. The highest BCUT2D eigenvalue weighted by molar-refractivity contribution is 7.47. The summed E-state index contributed by atoms with van der Waals surface area (Å²) in [5, 5.41) is 3.09.